The van der Waals surface area contributed by atoms with E-state index in [1.54, 1.807) is 36.4 Å². The number of benzene rings is 2. The van der Waals surface area contributed by atoms with Crippen molar-refractivity contribution in [2.75, 3.05) is 0 Å². The van der Waals surface area contributed by atoms with Crippen LogP contribution in [0.5, 0.6) is 0 Å². The molecular formula is C12H8O6S2-2. The molecule has 2 aromatic rings. The van der Waals surface area contributed by atoms with E-state index in [1.807, 2.05) is 0 Å². The lowest BCUT2D eigenvalue weighted by molar-refractivity contribution is -0.777. The second kappa shape index (κ2) is 6.35. The molecule has 0 amide bonds. The molecule has 0 aliphatic rings. The zero-order chi connectivity index (χ0) is 14.6. The van der Waals surface area contributed by atoms with E-state index in [9.17, 15) is 18.2 Å². The molecular weight excluding hydrogens is 304 g/mol. The van der Waals surface area contributed by atoms with Gasteiger partial charge in [-0.2, -0.15) is 4.33 Å². The van der Waals surface area contributed by atoms with Crippen LogP contribution in [0.15, 0.2) is 58.3 Å². The van der Waals surface area contributed by atoms with Crippen LogP contribution >= 0.6 is 12.0 Å². The van der Waals surface area contributed by atoms with Gasteiger partial charge in [0.15, 0.2) is 0 Å². The van der Waals surface area contributed by atoms with Crippen LogP contribution in [-0.4, -0.2) is 13.0 Å². The first kappa shape index (κ1) is 15.0. The molecule has 0 saturated heterocycles. The standard InChI is InChI=1S/C12H10O6S2/c13-17-18-19-11-5-1-9(2-6-11)10-3-7-12(8-4-10)20(14,15)16/h1-8,13H,(H,14,15,16)/p-2. The van der Waals surface area contributed by atoms with Gasteiger partial charge in [0, 0.05) is 4.90 Å². The molecule has 2 rings (SSSR count). The Morgan fingerprint density at radius 3 is 1.85 bits per heavy atom. The lowest BCUT2D eigenvalue weighted by Crippen LogP contribution is -2.00. The second-order valence-corrected chi connectivity index (χ2v) is 5.88. The van der Waals surface area contributed by atoms with Crippen molar-refractivity contribution in [3.8, 4) is 11.1 Å². The summed E-state index contributed by atoms with van der Waals surface area (Å²) in [6.45, 7) is 0. The summed E-state index contributed by atoms with van der Waals surface area (Å²) < 4.78 is 36.6. The number of rotatable bonds is 5. The van der Waals surface area contributed by atoms with E-state index in [4.69, 9.17) is 0 Å². The van der Waals surface area contributed by atoms with Crippen LogP contribution in [0.2, 0.25) is 0 Å². The van der Waals surface area contributed by atoms with Gasteiger partial charge < -0.3 is 9.81 Å². The highest BCUT2D eigenvalue weighted by Crippen LogP contribution is 2.25. The highest BCUT2D eigenvalue weighted by molar-refractivity contribution is 7.94. The summed E-state index contributed by atoms with van der Waals surface area (Å²) in [7, 11) is -4.43. The van der Waals surface area contributed by atoms with E-state index in [-0.39, 0.29) is 4.90 Å². The molecule has 6 nitrogen and oxygen atoms in total. The molecule has 0 N–H and O–H groups in total. The van der Waals surface area contributed by atoms with Gasteiger partial charge in [-0.25, -0.2) is 8.42 Å². The van der Waals surface area contributed by atoms with E-state index >= 15 is 0 Å². The number of hydrogen-bond donors (Lipinski definition) is 0. The van der Waals surface area contributed by atoms with Crippen molar-refractivity contribution in [2.45, 2.75) is 9.79 Å². The van der Waals surface area contributed by atoms with Crippen LogP contribution in [0.25, 0.3) is 11.1 Å². The van der Waals surface area contributed by atoms with Crippen molar-refractivity contribution in [3.05, 3.63) is 48.5 Å². The zero-order valence-electron chi connectivity index (χ0n) is 9.88. The topological polar surface area (TPSA) is 98.7 Å². The maximum absolute atomic E-state index is 10.8. The summed E-state index contributed by atoms with van der Waals surface area (Å²) in [5.74, 6) is 0. The molecule has 0 aliphatic carbocycles. The van der Waals surface area contributed by atoms with Crippen molar-refractivity contribution in [2.24, 2.45) is 0 Å². The minimum atomic E-state index is -4.43. The Kier molecular flexibility index (Phi) is 4.76. The van der Waals surface area contributed by atoms with Crippen molar-refractivity contribution in [1.29, 1.82) is 0 Å². The quantitative estimate of drug-likeness (QED) is 0.357. The third-order valence-corrected chi connectivity index (χ3v) is 3.93. The van der Waals surface area contributed by atoms with E-state index in [1.165, 1.54) is 12.1 Å². The Labute approximate surface area is 119 Å². The van der Waals surface area contributed by atoms with Gasteiger partial charge in [-0.1, -0.05) is 24.3 Å². The molecule has 0 heterocycles. The maximum Gasteiger partial charge on any atom is 0.124 e. The van der Waals surface area contributed by atoms with Crippen molar-refractivity contribution in [3.63, 3.8) is 0 Å². The Bertz CT molecular complexity index is 664. The molecule has 0 spiro atoms. The van der Waals surface area contributed by atoms with Gasteiger partial charge in [0.1, 0.15) is 10.1 Å². The Morgan fingerprint density at radius 1 is 0.900 bits per heavy atom. The van der Waals surface area contributed by atoms with E-state index in [0.717, 1.165) is 23.2 Å². The SMILES string of the molecule is O=S(=O)([O-])c1ccc(-c2ccc(SOO[O-])cc2)cc1. The third kappa shape index (κ3) is 3.79. The van der Waals surface area contributed by atoms with Gasteiger partial charge in [-0.15, -0.1) is 0 Å². The average molecular weight is 312 g/mol. The average Bonchev–Trinajstić information content (AvgIpc) is 2.45. The van der Waals surface area contributed by atoms with E-state index < -0.39 is 10.1 Å². The van der Waals surface area contributed by atoms with Gasteiger partial charge in [-0.05, 0) is 35.4 Å². The van der Waals surface area contributed by atoms with Gasteiger partial charge in [-0.3, -0.25) is 5.04 Å². The molecule has 0 bridgehead atoms. The molecule has 20 heavy (non-hydrogen) atoms. The Balaban J connectivity index is 2.19. The fraction of sp³-hybridized carbons (Fsp3) is 0. The predicted molar refractivity (Wildman–Crippen MR) is 67.9 cm³/mol. The van der Waals surface area contributed by atoms with E-state index in [2.05, 4.69) is 9.37 Å². The van der Waals surface area contributed by atoms with Gasteiger partial charge >= 0.3 is 0 Å². The van der Waals surface area contributed by atoms with Crippen LogP contribution in [-0.2, 0) is 19.5 Å². The molecule has 106 valence electrons. The molecule has 0 aliphatic heterocycles. The van der Waals surface area contributed by atoms with Gasteiger partial charge in [0.25, 0.3) is 0 Å². The lowest BCUT2D eigenvalue weighted by Gasteiger charge is -2.08. The van der Waals surface area contributed by atoms with E-state index in [0.29, 0.717) is 4.90 Å². The van der Waals surface area contributed by atoms with Crippen molar-refractivity contribution < 1.29 is 27.6 Å². The van der Waals surface area contributed by atoms with Crippen LogP contribution in [0.4, 0.5) is 0 Å². The Morgan fingerprint density at radius 2 is 1.40 bits per heavy atom. The largest absolute Gasteiger partial charge is 0.744 e. The molecule has 2 aromatic carbocycles. The highest BCUT2D eigenvalue weighted by atomic mass is 32.2. The van der Waals surface area contributed by atoms with Crippen molar-refractivity contribution in [1.82, 2.24) is 0 Å². The summed E-state index contributed by atoms with van der Waals surface area (Å²) >= 11 is 0.775. The first-order valence-corrected chi connectivity index (χ1v) is 7.45. The second-order valence-electron chi connectivity index (χ2n) is 3.72. The van der Waals surface area contributed by atoms with Crippen LogP contribution in [0.1, 0.15) is 0 Å². The zero-order valence-corrected chi connectivity index (χ0v) is 11.5. The molecule has 0 aromatic heterocycles. The smallest absolute Gasteiger partial charge is 0.124 e. The molecule has 0 atom stereocenters. The minimum Gasteiger partial charge on any atom is -0.744 e. The van der Waals surface area contributed by atoms with Crippen LogP contribution in [0.3, 0.4) is 0 Å². The number of hydrogen-bond acceptors (Lipinski definition) is 7. The fourth-order valence-corrected chi connectivity index (χ4v) is 2.39. The summed E-state index contributed by atoms with van der Waals surface area (Å²) in [5, 5.41) is 12.9. The highest BCUT2D eigenvalue weighted by Gasteiger charge is 2.03. The first-order valence-electron chi connectivity index (χ1n) is 5.30. The summed E-state index contributed by atoms with van der Waals surface area (Å²) in [6.07, 6.45) is 0. The van der Waals surface area contributed by atoms with Crippen LogP contribution in [0, 0.1) is 0 Å². The van der Waals surface area contributed by atoms with Crippen LogP contribution < -0.4 is 5.26 Å². The monoisotopic (exact) mass is 312 g/mol. The molecule has 0 unspecified atom stereocenters. The first-order chi connectivity index (χ1) is 9.50. The van der Waals surface area contributed by atoms with Gasteiger partial charge in [0.05, 0.1) is 16.9 Å². The fourth-order valence-electron chi connectivity index (χ4n) is 1.57. The summed E-state index contributed by atoms with van der Waals surface area (Å²) in [6, 6.07) is 12.5. The predicted octanol–water partition coefficient (Wildman–Crippen LogP) is 1.49. The molecule has 0 radical (unpaired) electrons. The Hall–Kier alpha value is -1.42. The molecule has 0 saturated carbocycles. The normalized spacial score (nSPS) is 11.5. The molecule has 0 fully saturated rings. The summed E-state index contributed by atoms with van der Waals surface area (Å²) in [4.78, 5) is 0.401. The van der Waals surface area contributed by atoms with Gasteiger partial charge in [0.2, 0.25) is 0 Å². The maximum atomic E-state index is 10.8. The third-order valence-electron chi connectivity index (χ3n) is 2.49. The lowest BCUT2D eigenvalue weighted by atomic mass is 10.1. The summed E-state index contributed by atoms with van der Waals surface area (Å²) in [5.41, 5.74) is 1.59. The molecule has 8 heteroatoms. The van der Waals surface area contributed by atoms with Crippen molar-refractivity contribution >= 4 is 22.2 Å². The minimum absolute atomic E-state index is 0.269.